The van der Waals surface area contributed by atoms with Gasteiger partial charge in [0.05, 0.1) is 0 Å². The van der Waals surface area contributed by atoms with E-state index in [-0.39, 0.29) is 5.84 Å². The van der Waals surface area contributed by atoms with Crippen LogP contribution in [0.15, 0.2) is 202 Å². The van der Waals surface area contributed by atoms with Gasteiger partial charge >= 0.3 is 0 Å². The molecule has 1 aromatic heterocycles. The first-order chi connectivity index (χ1) is 27.2. The summed E-state index contributed by atoms with van der Waals surface area (Å²) in [6.07, 6.45) is 1.84. The molecule has 55 heavy (non-hydrogen) atoms. The molecule has 4 nitrogen and oxygen atoms in total. The van der Waals surface area contributed by atoms with E-state index in [9.17, 15) is 5.41 Å². The van der Waals surface area contributed by atoms with E-state index in [0.717, 1.165) is 66.1 Å². The second-order valence-corrected chi connectivity index (χ2v) is 13.8. The third-order valence-corrected chi connectivity index (χ3v) is 10.4. The van der Waals surface area contributed by atoms with Gasteiger partial charge in [-0.3, -0.25) is 5.41 Å². The molecule has 0 amide bonds. The minimum atomic E-state index is 0.122. The van der Waals surface area contributed by atoms with E-state index in [0.29, 0.717) is 11.4 Å². The van der Waals surface area contributed by atoms with Gasteiger partial charge in [-0.05, 0) is 84.4 Å². The molecular weight excluding hydrogens is 671 g/mol. The fourth-order valence-electron chi connectivity index (χ4n) is 7.67. The monoisotopic (exact) mass is 703 g/mol. The number of nitrogens with zero attached hydrogens (tertiary/aromatic N) is 2. The fraction of sp³-hybridized carbons (Fsp3) is 0. The highest BCUT2D eigenvalue weighted by Crippen LogP contribution is 2.40. The standard InChI is InChI=1S/C51H33N3O/c52-50(39-27-22-36(23-28-39)34-10-2-1-3-11-34)54-51(53-32-33-20-21-35-12-4-5-14-40(35)30-33)44-17-9-19-47-49(44)48-43(16-8-18-46(48)55-47)41-29-26-38-25-24-37-13-6-7-15-42(37)45(38)31-41/h1-32,52H. The maximum absolute atomic E-state index is 9.24. The molecule has 0 atom stereocenters. The quantitative estimate of drug-likeness (QED) is 0.108. The maximum Gasteiger partial charge on any atom is 0.162 e. The van der Waals surface area contributed by atoms with Gasteiger partial charge in [-0.15, -0.1) is 0 Å². The second kappa shape index (κ2) is 13.5. The highest BCUT2D eigenvalue weighted by atomic mass is 16.3. The Hall–Kier alpha value is -7.43. The fourth-order valence-corrected chi connectivity index (χ4v) is 7.67. The van der Waals surface area contributed by atoms with Crippen LogP contribution < -0.4 is 0 Å². The Morgan fingerprint density at radius 2 is 1.11 bits per heavy atom. The largest absolute Gasteiger partial charge is 0.456 e. The van der Waals surface area contributed by atoms with Crippen LogP contribution in [0.3, 0.4) is 0 Å². The molecule has 0 unspecified atom stereocenters. The zero-order valence-corrected chi connectivity index (χ0v) is 29.8. The minimum Gasteiger partial charge on any atom is -0.456 e. The molecule has 1 N–H and O–H groups in total. The summed E-state index contributed by atoms with van der Waals surface area (Å²) in [6, 6.07) is 64.6. The topological polar surface area (TPSA) is 61.7 Å². The summed E-state index contributed by atoms with van der Waals surface area (Å²) in [5.74, 6) is 0.551. The van der Waals surface area contributed by atoms with Crippen molar-refractivity contribution in [1.29, 1.82) is 5.41 Å². The number of nitrogens with one attached hydrogen (secondary N) is 1. The van der Waals surface area contributed by atoms with Crippen LogP contribution in [0.4, 0.5) is 0 Å². The molecule has 9 aromatic carbocycles. The van der Waals surface area contributed by atoms with Crippen LogP contribution in [0.25, 0.3) is 76.5 Å². The van der Waals surface area contributed by atoms with Gasteiger partial charge in [0, 0.05) is 28.1 Å². The lowest BCUT2D eigenvalue weighted by Gasteiger charge is -2.10. The number of aliphatic imine (C=N–C) groups is 2. The number of furan rings is 1. The van der Waals surface area contributed by atoms with Crippen LogP contribution in [-0.2, 0) is 0 Å². The zero-order chi connectivity index (χ0) is 36.7. The first kappa shape index (κ1) is 32.2. The van der Waals surface area contributed by atoms with E-state index in [2.05, 4.69) is 109 Å². The molecule has 0 saturated carbocycles. The van der Waals surface area contributed by atoms with Crippen molar-refractivity contribution < 1.29 is 4.42 Å². The second-order valence-electron chi connectivity index (χ2n) is 13.8. The van der Waals surface area contributed by atoms with Gasteiger partial charge in [-0.25, -0.2) is 9.98 Å². The molecule has 258 valence electrons. The minimum absolute atomic E-state index is 0.122. The number of fused-ring (bicyclic) bond motifs is 7. The van der Waals surface area contributed by atoms with E-state index in [1.807, 2.05) is 85.1 Å². The van der Waals surface area contributed by atoms with Gasteiger partial charge in [0.15, 0.2) is 11.7 Å². The highest BCUT2D eigenvalue weighted by Gasteiger charge is 2.19. The van der Waals surface area contributed by atoms with E-state index >= 15 is 0 Å². The molecule has 1 heterocycles. The Morgan fingerprint density at radius 1 is 0.473 bits per heavy atom. The van der Waals surface area contributed by atoms with Crippen LogP contribution in [0.2, 0.25) is 0 Å². The van der Waals surface area contributed by atoms with Crippen LogP contribution >= 0.6 is 0 Å². The third kappa shape index (κ3) is 5.96. The Morgan fingerprint density at radius 3 is 1.95 bits per heavy atom. The number of benzene rings is 9. The average molecular weight is 704 g/mol. The SMILES string of the molecule is N=C(N=C(N=Cc1ccc2ccccc2c1)c1cccc2oc3cccc(-c4ccc5ccc6ccccc6c5c4)c3c12)c1ccc(-c2ccccc2)cc1. The van der Waals surface area contributed by atoms with Crippen LogP contribution in [0.1, 0.15) is 16.7 Å². The van der Waals surface area contributed by atoms with Gasteiger partial charge in [0.1, 0.15) is 11.2 Å². The van der Waals surface area contributed by atoms with Gasteiger partial charge in [-0.2, -0.15) is 0 Å². The van der Waals surface area contributed by atoms with Crippen LogP contribution in [-0.4, -0.2) is 17.9 Å². The summed E-state index contributed by atoms with van der Waals surface area (Å²) in [7, 11) is 0. The molecule has 0 fully saturated rings. The Bertz CT molecular complexity index is 3150. The summed E-state index contributed by atoms with van der Waals surface area (Å²) in [4.78, 5) is 10.0. The van der Waals surface area contributed by atoms with Gasteiger partial charge in [-0.1, -0.05) is 164 Å². The molecule has 0 spiro atoms. The molecule has 10 aromatic rings. The molecular formula is C51H33N3O. The molecule has 0 radical (unpaired) electrons. The normalized spacial score (nSPS) is 12.1. The van der Waals surface area contributed by atoms with Crippen LogP contribution in [0.5, 0.6) is 0 Å². The Labute approximate surface area is 317 Å². The lowest BCUT2D eigenvalue weighted by Crippen LogP contribution is -2.05. The predicted octanol–water partition coefficient (Wildman–Crippen LogP) is 13.3. The third-order valence-electron chi connectivity index (χ3n) is 10.4. The van der Waals surface area contributed by atoms with Crippen molar-refractivity contribution in [2.75, 3.05) is 0 Å². The maximum atomic E-state index is 9.24. The number of hydrogen-bond donors (Lipinski definition) is 1. The van der Waals surface area contributed by atoms with E-state index in [1.165, 1.54) is 21.5 Å². The van der Waals surface area contributed by atoms with Crippen LogP contribution in [0, 0.1) is 5.41 Å². The number of amidine groups is 2. The average Bonchev–Trinajstić information content (AvgIpc) is 3.64. The molecule has 4 heteroatoms. The van der Waals surface area contributed by atoms with Crippen molar-refractivity contribution in [1.82, 2.24) is 0 Å². The smallest absolute Gasteiger partial charge is 0.162 e. The summed E-state index contributed by atoms with van der Waals surface area (Å²) in [5.41, 5.74) is 8.31. The van der Waals surface area contributed by atoms with Gasteiger partial charge in [0.25, 0.3) is 0 Å². The molecule has 10 rings (SSSR count). The lowest BCUT2D eigenvalue weighted by molar-refractivity contribution is 0.669. The Kier molecular flexibility index (Phi) is 7.93. The van der Waals surface area contributed by atoms with E-state index in [4.69, 9.17) is 14.4 Å². The van der Waals surface area contributed by atoms with Gasteiger partial charge < -0.3 is 4.42 Å². The zero-order valence-electron chi connectivity index (χ0n) is 29.8. The summed E-state index contributed by atoms with van der Waals surface area (Å²) >= 11 is 0. The van der Waals surface area contributed by atoms with Gasteiger partial charge in [0.2, 0.25) is 0 Å². The molecule has 0 saturated heterocycles. The van der Waals surface area contributed by atoms with Crippen molar-refractivity contribution >= 4 is 72.1 Å². The lowest BCUT2D eigenvalue weighted by atomic mass is 9.94. The Balaban J connectivity index is 1.15. The summed E-state index contributed by atoms with van der Waals surface area (Å²) < 4.78 is 6.56. The molecule has 0 aliphatic rings. The van der Waals surface area contributed by atoms with E-state index < -0.39 is 0 Å². The van der Waals surface area contributed by atoms with Crippen molar-refractivity contribution in [3.63, 3.8) is 0 Å². The number of hydrogen-bond acceptors (Lipinski definition) is 2. The van der Waals surface area contributed by atoms with Crippen molar-refractivity contribution in [2.45, 2.75) is 0 Å². The predicted molar refractivity (Wildman–Crippen MR) is 231 cm³/mol. The van der Waals surface area contributed by atoms with Crippen molar-refractivity contribution in [2.24, 2.45) is 9.98 Å². The van der Waals surface area contributed by atoms with E-state index in [1.54, 1.807) is 0 Å². The first-order valence-electron chi connectivity index (χ1n) is 18.4. The summed E-state index contributed by atoms with van der Waals surface area (Å²) in [5, 5.41) is 18.3. The molecule has 0 aliphatic carbocycles. The molecule has 0 bridgehead atoms. The first-order valence-corrected chi connectivity index (χ1v) is 18.4. The number of rotatable bonds is 5. The summed E-state index contributed by atoms with van der Waals surface area (Å²) in [6.45, 7) is 0. The van der Waals surface area contributed by atoms with Crippen molar-refractivity contribution in [3.05, 3.63) is 205 Å². The highest BCUT2D eigenvalue weighted by molar-refractivity contribution is 6.25. The van der Waals surface area contributed by atoms with Crippen molar-refractivity contribution in [3.8, 4) is 22.3 Å². The molecule has 0 aliphatic heterocycles.